The van der Waals surface area contributed by atoms with Gasteiger partial charge in [-0.1, -0.05) is 20.8 Å². The summed E-state index contributed by atoms with van der Waals surface area (Å²) in [5.41, 5.74) is 0. The van der Waals surface area contributed by atoms with Crippen molar-refractivity contribution in [2.45, 2.75) is 26.9 Å². The van der Waals surface area contributed by atoms with Crippen molar-refractivity contribution < 1.29 is 5.11 Å². The number of aromatic amines is 1. The van der Waals surface area contributed by atoms with Crippen molar-refractivity contribution in [3.05, 3.63) is 12.2 Å². The van der Waals surface area contributed by atoms with Gasteiger partial charge in [-0.15, -0.1) is 0 Å². The van der Waals surface area contributed by atoms with E-state index in [2.05, 4.69) is 29.0 Å². The highest BCUT2D eigenvalue weighted by molar-refractivity contribution is 4.89. The molecule has 1 aromatic rings. The molecule has 12 heavy (non-hydrogen) atoms. The number of nitrogens with zero attached hydrogens (tertiary/aromatic N) is 2. The number of rotatable bonds is 3. The van der Waals surface area contributed by atoms with Gasteiger partial charge in [0.15, 0.2) is 5.82 Å². The van der Waals surface area contributed by atoms with E-state index in [1.54, 1.807) is 0 Å². The molecule has 2 atom stereocenters. The highest BCUT2D eigenvalue weighted by Gasteiger charge is 2.21. The van der Waals surface area contributed by atoms with E-state index in [0.29, 0.717) is 11.7 Å². The highest BCUT2D eigenvalue weighted by Crippen LogP contribution is 2.24. The molecule has 4 heteroatoms. The number of hydrogen-bond donors (Lipinski definition) is 2. The first-order valence-electron chi connectivity index (χ1n) is 4.16. The molecule has 0 aromatic carbocycles. The largest absolute Gasteiger partial charge is 0.385 e. The van der Waals surface area contributed by atoms with E-state index in [1.807, 2.05) is 6.92 Å². The first kappa shape index (κ1) is 9.19. The average molecular weight is 169 g/mol. The molecule has 0 aliphatic heterocycles. The normalized spacial score (nSPS) is 16.4. The van der Waals surface area contributed by atoms with Crippen LogP contribution in [0.1, 0.15) is 32.7 Å². The summed E-state index contributed by atoms with van der Waals surface area (Å²) in [7, 11) is 0. The van der Waals surface area contributed by atoms with Gasteiger partial charge in [0.05, 0.1) is 0 Å². The Morgan fingerprint density at radius 3 is 2.50 bits per heavy atom. The molecule has 0 aliphatic carbocycles. The second-order valence-electron chi connectivity index (χ2n) is 3.42. The van der Waals surface area contributed by atoms with Gasteiger partial charge in [0.1, 0.15) is 12.4 Å². The van der Waals surface area contributed by atoms with Crippen LogP contribution in [0, 0.1) is 11.8 Å². The molecule has 0 fully saturated rings. The Bertz CT molecular complexity index is 220. The van der Waals surface area contributed by atoms with Crippen LogP contribution in [0.15, 0.2) is 6.33 Å². The lowest BCUT2D eigenvalue weighted by atomic mass is 9.92. The summed E-state index contributed by atoms with van der Waals surface area (Å²) >= 11 is 0. The standard InChI is InChI=1S/C8H15N3O/c1-5(2)6(3)7(12)8-9-4-10-11-8/h4-7,12H,1-3H3,(H,9,10,11). The Morgan fingerprint density at radius 1 is 1.42 bits per heavy atom. The molecule has 1 aromatic heterocycles. The first-order valence-corrected chi connectivity index (χ1v) is 4.16. The minimum Gasteiger partial charge on any atom is -0.385 e. The lowest BCUT2D eigenvalue weighted by Gasteiger charge is -2.19. The number of aliphatic hydroxyl groups excluding tert-OH is 1. The molecule has 1 rings (SSSR count). The monoisotopic (exact) mass is 169 g/mol. The van der Waals surface area contributed by atoms with Gasteiger partial charge >= 0.3 is 0 Å². The SMILES string of the molecule is CC(C)C(C)C(O)c1ncn[nH]1. The van der Waals surface area contributed by atoms with Crippen LogP contribution in [0.5, 0.6) is 0 Å². The van der Waals surface area contributed by atoms with E-state index in [1.165, 1.54) is 6.33 Å². The molecule has 0 saturated heterocycles. The molecule has 68 valence electrons. The smallest absolute Gasteiger partial charge is 0.153 e. The molecule has 0 spiro atoms. The number of aromatic nitrogens is 3. The third-order valence-electron chi connectivity index (χ3n) is 2.26. The third kappa shape index (κ3) is 1.82. The number of H-pyrrole nitrogens is 1. The molecule has 0 bridgehead atoms. The second-order valence-corrected chi connectivity index (χ2v) is 3.42. The van der Waals surface area contributed by atoms with Crippen LogP contribution < -0.4 is 0 Å². The summed E-state index contributed by atoms with van der Waals surface area (Å²) in [4.78, 5) is 3.90. The van der Waals surface area contributed by atoms with Crippen LogP contribution in [0.25, 0.3) is 0 Å². The zero-order chi connectivity index (χ0) is 9.14. The van der Waals surface area contributed by atoms with Crippen molar-refractivity contribution in [2.24, 2.45) is 11.8 Å². The number of nitrogens with one attached hydrogen (secondary N) is 1. The fourth-order valence-electron chi connectivity index (χ4n) is 0.971. The highest BCUT2D eigenvalue weighted by atomic mass is 16.3. The van der Waals surface area contributed by atoms with Gasteiger partial charge in [-0.2, -0.15) is 5.10 Å². The van der Waals surface area contributed by atoms with Crippen molar-refractivity contribution >= 4 is 0 Å². The Morgan fingerprint density at radius 2 is 2.08 bits per heavy atom. The minimum atomic E-state index is -0.535. The lowest BCUT2D eigenvalue weighted by Crippen LogP contribution is -2.16. The third-order valence-corrected chi connectivity index (χ3v) is 2.26. The van der Waals surface area contributed by atoms with Crippen molar-refractivity contribution in [3.8, 4) is 0 Å². The number of aliphatic hydroxyl groups is 1. The summed E-state index contributed by atoms with van der Waals surface area (Å²) < 4.78 is 0. The molecular weight excluding hydrogens is 154 g/mol. The number of hydrogen-bond acceptors (Lipinski definition) is 3. The van der Waals surface area contributed by atoms with Crippen LogP contribution >= 0.6 is 0 Å². The summed E-state index contributed by atoms with van der Waals surface area (Å²) in [6.45, 7) is 6.15. The molecule has 0 aliphatic rings. The molecule has 0 amide bonds. The maximum Gasteiger partial charge on any atom is 0.153 e. The summed E-state index contributed by atoms with van der Waals surface area (Å²) in [5.74, 6) is 1.18. The summed E-state index contributed by atoms with van der Waals surface area (Å²) in [6, 6.07) is 0. The van der Waals surface area contributed by atoms with E-state index in [9.17, 15) is 5.11 Å². The van der Waals surface area contributed by atoms with Crippen molar-refractivity contribution in [1.29, 1.82) is 0 Å². The molecule has 2 unspecified atom stereocenters. The summed E-state index contributed by atoms with van der Waals surface area (Å²) in [5, 5.41) is 16.1. The zero-order valence-corrected chi connectivity index (χ0v) is 7.65. The van der Waals surface area contributed by atoms with Gasteiger partial charge < -0.3 is 5.11 Å². The minimum absolute atomic E-state index is 0.193. The van der Waals surface area contributed by atoms with Gasteiger partial charge in [0, 0.05) is 0 Å². The zero-order valence-electron chi connectivity index (χ0n) is 7.65. The fraction of sp³-hybridized carbons (Fsp3) is 0.750. The average Bonchev–Trinajstić information content (AvgIpc) is 2.53. The van der Waals surface area contributed by atoms with Crippen LogP contribution in [0.4, 0.5) is 0 Å². The van der Waals surface area contributed by atoms with E-state index < -0.39 is 6.10 Å². The molecule has 0 radical (unpaired) electrons. The Kier molecular flexibility index (Phi) is 2.81. The van der Waals surface area contributed by atoms with E-state index in [-0.39, 0.29) is 5.92 Å². The van der Waals surface area contributed by atoms with E-state index in [4.69, 9.17) is 0 Å². The molecule has 2 N–H and O–H groups in total. The quantitative estimate of drug-likeness (QED) is 0.713. The van der Waals surface area contributed by atoms with Crippen LogP contribution in [0.2, 0.25) is 0 Å². The van der Waals surface area contributed by atoms with E-state index in [0.717, 1.165) is 0 Å². The fourth-order valence-corrected chi connectivity index (χ4v) is 0.971. The van der Waals surface area contributed by atoms with Gasteiger partial charge in [-0.05, 0) is 11.8 Å². The molecule has 4 nitrogen and oxygen atoms in total. The van der Waals surface area contributed by atoms with E-state index >= 15 is 0 Å². The lowest BCUT2D eigenvalue weighted by molar-refractivity contribution is 0.0843. The van der Waals surface area contributed by atoms with Crippen LogP contribution in [-0.2, 0) is 0 Å². The first-order chi connectivity index (χ1) is 5.63. The Labute approximate surface area is 72.0 Å². The van der Waals surface area contributed by atoms with Gasteiger partial charge in [0.25, 0.3) is 0 Å². The maximum atomic E-state index is 9.71. The Hall–Kier alpha value is -0.900. The van der Waals surface area contributed by atoms with Crippen molar-refractivity contribution in [2.75, 3.05) is 0 Å². The van der Waals surface area contributed by atoms with Crippen LogP contribution in [-0.4, -0.2) is 20.3 Å². The topological polar surface area (TPSA) is 61.8 Å². The van der Waals surface area contributed by atoms with Crippen LogP contribution in [0.3, 0.4) is 0 Å². The predicted molar refractivity (Wildman–Crippen MR) is 45.3 cm³/mol. The molecule has 1 heterocycles. The van der Waals surface area contributed by atoms with Gasteiger partial charge in [0.2, 0.25) is 0 Å². The Balaban J connectivity index is 2.65. The van der Waals surface area contributed by atoms with Gasteiger partial charge in [-0.3, -0.25) is 5.10 Å². The molecule has 0 saturated carbocycles. The molecular formula is C8H15N3O. The van der Waals surface area contributed by atoms with Gasteiger partial charge in [-0.25, -0.2) is 4.98 Å². The second kappa shape index (κ2) is 3.67. The summed E-state index contributed by atoms with van der Waals surface area (Å²) in [6.07, 6.45) is 0.874. The maximum absolute atomic E-state index is 9.71. The predicted octanol–water partition coefficient (Wildman–Crippen LogP) is 1.13. The van der Waals surface area contributed by atoms with Crippen molar-refractivity contribution in [3.63, 3.8) is 0 Å². The van der Waals surface area contributed by atoms with Crippen molar-refractivity contribution in [1.82, 2.24) is 15.2 Å².